The summed E-state index contributed by atoms with van der Waals surface area (Å²) in [5, 5.41) is 6.90. The number of anilines is 2. The van der Waals surface area contributed by atoms with Crippen LogP contribution in [0, 0.1) is 0 Å². The van der Waals surface area contributed by atoms with Crippen LogP contribution in [0.3, 0.4) is 0 Å². The lowest BCUT2D eigenvalue weighted by molar-refractivity contribution is 1.09. The molecule has 3 rings (SSSR count). The number of aromatic nitrogens is 4. The maximum absolute atomic E-state index is 6.14. The van der Waals surface area contributed by atoms with Gasteiger partial charge >= 0.3 is 0 Å². The summed E-state index contributed by atoms with van der Waals surface area (Å²) in [5.74, 6) is 1.21. The van der Waals surface area contributed by atoms with Gasteiger partial charge in [0.05, 0.1) is 6.33 Å². The molecule has 20 heavy (non-hydrogen) atoms. The number of nitrogens with one attached hydrogen (secondary N) is 3. The van der Waals surface area contributed by atoms with Crippen LogP contribution in [-0.2, 0) is 6.54 Å². The highest BCUT2D eigenvalue weighted by molar-refractivity contribution is 6.31. The lowest BCUT2D eigenvalue weighted by Crippen LogP contribution is -2.06. The number of hydrogen-bond donors (Lipinski definition) is 3. The fourth-order valence-corrected chi connectivity index (χ4v) is 2.10. The number of H-pyrrole nitrogens is 1. The van der Waals surface area contributed by atoms with Crippen LogP contribution in [-0.4, -0.2) is 27.0 Å². The third-order valence-electron chi connectivity index (χ3n) is 2.91. The number of aromatic amines is 1. The Balaban J connectivity index is 1.90. The zero-order valence-corrected chi connectivity index (χ0v) is 11.6. The predicted octanol–water partition coefficient (Wildman–Crippen LogP) is 2.66. The highest BCUT2D eigenvalue weighted by Gasteiger charge is 2.09. The van der Waals surface area contributed by atoms with Gasteiger partial charge < -0.3 is 15.6 Å². The molecule has 0 radical (unpaired) electrons. The molecule has 102 valence electrons. The van der Waals surface area contributed by atoms with Crippen molar-refractivity contribution in [2.45, 2.75) is 6.54 Å². The van der Waals surface area contributed by atoms with Gasteiger partial charge in [-0.1, -0.05) is 29.8 Å². The van der Waals surface area contributed by atoms with Crippen LogP contribution in [0.25, 0.3) is 11.2 Å². The van der Waals surface area contributed by atoms with Crippen LogP contribution in [0.1, 0.15) is 5.56 Å². The van der Waals surface area contributed by atoms with Crippen molar-refractivity contribution in [2.24, 2.45) is 0 Å². The number of imidazole rings is 1. The van der Waals surface area contributed by atoms with E-state index in [-0.39, 0.29) is 0 Å². The van der Waals surface area contributed by atoms with Crippen molar-refractivity contribution >= 4 is 34.5 Å². The van der Waals surface area contributed by atoms with Gasteiger partial charge in [-0.25, -0.2) is 4.98 Å². The Bertz CT molecular complexity index is 739. The van der Waals surface area contributed by atoms with Crippen molar-refractivity contribution in [3.05, 3.63) is 41.2 Å². The Morgan fingerprint density at radius 1 is 1.25 bits per heavy atom. The number of rotatable bonds is 4. The molecule has 3 N–H and O–H groups in total. The third kappa shape index (κ3) is 2.37. The molecule has 0 aliphatic heterocycles. The fourth-order valence-electron chi connectivity index (χ4n) is 1.89. The smallest absolute Gasteiger partial charge is 0.226 e. The summed E-state index contributed by atoms with van der Waals surface area (Å²) in [6.45, 7) is 0.577. The zero-order chi connectivity index (χ0) is 13.9. The topological polar surface area (TPSA) is 78.5 Å². The van der Waals surface area contributed by atoms with Crippen LogP contribution in [0.4, 0.5) is 11.8 Å². The van der Waals surface area contributed by atoms with Crippen molar-refractivity contribution in [1.29, 1.82) is 0 Å². The fraction of sp³-hybridized carbons (Fsp3) is 0.154. The first-order chi connectivity index (χ1) is 9.78. The van der Waals surface area contributed by atoms with Gasteiger partial charge in [0.25, 0.3) is 0 Å². The second-order valence-electron chi connectivity index (χ2n) is 4.19. The van der Waals surface area contributed by atoms with Gasteiger partial charge in [-0.2, -0.15) is 9.97 Å². The number of hydrogen-bond acceptors (Lipinski definition) is 5. The minimum atomic E-state index is 0.520. The van der Waals surface area contributed by atoms with E-state index in [9.17, 15) is 0 Å². The SMILES string of the molecule is CNc1nc(NCc2ccccc2Cl)c2[nH]cnc2n1. The quantitative estimate of drug-likeness (QED) is 0.688. The van der Waals surface area contributed by atoms with E-state index in [0.29, 0.717) is 24.0 Å². The summed E-state index contributed by atoms with van der Waals surface area (Å²) < 4.78 is 0. The minimum Gasteiger partial charge on any atom is -0.364 e. The molecule has 0 aliphatic carbocycles. The Labute approximate surface area is 120 Å². The molecule has 0 fully saturated rings. The second kappa shape index (κ2) is 5.34. The van der Waals surface area contributed by atoms with Gasteiger partial charge in [-0.05, 0) is 11.6 Å². The molecule has 2 aromatic heterocycles. The van der Waals surface area contributed by atoms with Crippen LogP contribution >= 0.6 is 11.6 Å². The molecule has 0 unspecified atom stereocenters. The summed E-state index contributed by atoms with van der Waals surface area (Å²) in [6, 6.07) is 7.69. The number of benzene rings is 1. The molecule has 0 atom stereocenters. The second-order valence-corrected chi connectivity index (χ2v) is 4.60. The van der Waals surface area contributed by atoms with Crippen LogP contribution < -0.4 is 10.6 Å². The van der Waals surface area contributed by atoms with Crippen molar-refractivity contribution in [1.82, 2.24) is 19.9 Å². The van der Waals surface area contributed by atoms with E-state index in [0.717, 1.165) is 16.1 Å². The number of fused-ring (bicyclic) bond motifs is 1. The van der Waals surface area contributed by atoms with Crippen molar-refractivity contribution in [3.63, 3.8) is 0 Å². The molecular formula is C13H13ClN6. The van der Waals surface area contributed by atoms with Gasteiger partial charge in [0.2, 0.25) is 5.95 Å². The van der Waals surface area contributed by atoms with Crippen LogP contribution in [0.15, 0.2) is 30.6 Å². The van der Waals surface area contributed by atoms with Gasteiger partial charge in [0, 0.05) is 18.6 Å². The van der Waals surface area contributed by atoms with E-state index in [1.54, 1.807) is 13.4 Å². The lowest BCUT2D eigenvalue weighted by Gasteiger charge is -2.09. The molecule has 0 amide bonds. The van der Waals surface area contributed by atoms with E-state index >= 15 is 0 Å². The van der Waals surface area contributed by atoms with Gasteiger partial charge in [0.1, 0.15) is 5.52 Å². The molecule has 7 heteroatoms. The number of nitrogens with zero attached hydrogens (tertiary/aromatic N) is 3. The molecule has 0 saturated carbocycles. The van der Waals surface area contributed by atoms with Gasteiger partial charge in [0.15, 0.2) is 11.5 Å². The van der Waals surface area contributed by atoms with Crippen molar-refractivity contribution < 1.29 is 0 Å². The zero-order valence-electron chi connectivity index (χ0n) is 10.8. The first-order valence-corrected chi connectivity index (χ1v) is 6.52. The molecule has 6 nitrogen and oxygen atoms in total. The third-order valence-corrected chi connectivity index (χ3v) is 3.28. The summed E-state index contributed by atoms with van der Waals surface area (Å²) in [7, 11) is 1.77. The summed E-state index contributed by atoms with van der Waals surface area (Å²) in [5.41, 5.74) is 2.40. The highest BCUT2D eigenvalue weighted by atomic mass is 35.5. The monoisotopic (exact) mass is 288 g/mol. The molecule has 0 bridgehead atoms. The van der Waals surface area contributed by atoms with Gasteiger partial charge in [-0.3, -0.25) is 0 Å². The number of halogens is 1. The predicted molar refractivity (Wildman–Crippen MR) is 80.0 cm³/mol. The maximum atomic E-state index is 6.14. The van der Waals surface area contributed by atoms with E-state index in [1.165, 1.54) is 0 Å². The van der Waals surface area contributed by atoms with Crippen molar-refractivity contribution in [2.75, 3.05) is 17.7 Å². The average molecular weight is 289 g/mol. The van der Waals surface area contributed by atoms with Crippen molar-refractivity contribution in [3.8, 4) is 0 Å². The van der Waals surface area contributed by atoms with Crippen LogP contribution in [0.2, 0.25) is 5.02 Å². The van der Waals surface area contributed by atoms with E-state index < -0.39 is 0 Å². The Hall–Kier alpha value is -2.34. The van der Waals surface area contributed by atoms with Crippen LogP contribution in [0.5, 0.6) is 0 Å². The summed E-state index contributed by atoms with van der Waals surface area (Å²) >= 11 is 6.14. The summed E-state index contributed by atoms with van der Waals surface area (Å²) in [6.07, 6.45) is 1.60. The standard InChI is InChI=1S/C13H13ClN6/c1-15-13-19-11(10-12(20-13)18-7-17-10)16-6-8-4-2-3-5-9(8)14/h2-5,7H,6H2,1H3,(H3,15,16,17,18,19,20). The van der Waals surface area contributed by atoms with Gasteiger partial charge in [-0.15, -0.1) is 0 Å². The Kier molecular flexibility index (Phi) is 3.39. The molecule has 0 saturated heterocycles. The molecular weight excluding hydrogens is 276 g/mol. The maximum Gasteiger partial charge on any atom is 0.226 e. The molecule has 3 aromatic rings. The average Bonchev–Trinajstić information content (AvgIpc) is 2.94. The largest absolute Gasteiger partial charge is 0.364 e. The molecule has 2 heterocycles. The van der Waals surface area contributed by atoms with E-state index in [1.807, 2.05) is 24.3 Å². The normalized spacial score (nSPS) is 10.7. The molecule has 1 aromatic carbocycles. The Morgan fingerprint density at radius 2 is 2.10 bits per heavy atom. The minimum absolute atomic E-state index is 0.520. The lowest BCUT2D eigenvalue weighted by atomic mass is 10.2. The van der Waals surface area contributed by atoms with E-state index in [2.05, 4.69) is 30.6 Å². The molecule has 0 spiro atoms. The Morgan fingerprint density at radius 3 is 2.90 bits per heavy atom. The first kappa shape index (κ1) is 12.7. The first-order valence-electron chi connectivity index (χ1n) is 6.14. The highest BCUT2D eigenvalue weighted by Crippen LogP contribution is 2.21. The van der Waals surface area contributed by atoms with E-state index in [4.69, 9.17) is 11.6 Å². The summed E-state index contributed by atoms with van der Waals surface area (Å²) in [4.78, 5) is 15.8. The molecule has 0 aliphatic rings.